The van der Waals surface area contributed by atoms with Crippen molar-refractivity contribution in [1.82, 2.24) is 0 Å². The molecular formula is C29H18I3NO3. The van der Waals surface area contributed by atoms with Gasteiger partial charge in [-0.3, -0.25) is 0 Å². The third-order valence-corrected chi connectivity index (χ3v) is 7.73. The molecule has 0 unspecified atom stereocenters. The fourth-order valence-electron chi connectivity index (χ4n) is 3.71. The van der Waals surface area contributed by atoms with Crippen LogP contribution < -0.4 is 4.74 Å². The van der Waals surface area contributed by atoms with Crippen molar-refractivity contribution in [3.05, 3.63) is 124 Å². The van der Waals surface area contributed by atoms with E-state index in [1.54, 1.807) is 6.08 Å². The van der Waals surface area contributed by atoms with E-state index in [0.29, 0.717) is 12.5 Å². The van der Waals surface area contributed by atoms with Crippen LogP contribution in [0.1, 0.15) is 16.7 Å². The second kappa shape index (κ2) is 11.4. The lowest BCUT2D eigenvalue weighted by molar-refractivity contribution is -0.129. The zero-order valence-electron chi connectivity index (χ0n) is 18.8. The summed E-state index contributed by atoms with van der Waals surface area (Å²) < 4.78 is 14.7. The Hall–Kier alpha value is -2.25. The molecule has 0 fully saturated rings. The SMILES string of the molecule is O=C1OC(c2ccc(-c3ccccc3)cc2)=N/C1=C\c1cc(I)c(OCc2cccc(I)c2)c(I)c1. The number of ether oxygens (including phenoxy) is 2. The summed E-state index contributed by atoms with van der Waals surface area (Å²) in [5.41, 5.74) is 5.23. The molecule has 0 saturated carbocycles. The Morgan fingerprint density at radius 1 is 0.778 bits per heavy atom. The number of cyclic esters (lactones) is 1. The fraction of sp³-hybridized carbons (Fsp3) is 0.0345. The molecule has 4 aromatic rings. The van der Waals surface area contributed by atoms with E-state index < -0.39 is 5.97 Å². The van der Waals surface area contributed by atoms with Crippen LogP contribution in [0.2, 0.25) is 0 Å². The maximum absolute atomic E-state index is 12.5. The molecule has 0 radical (unpaired) electrons. The highest BCUT2D eigenvalue weighted by Crippen LogP contribution is 2.31. The zero-order valence-corrected chi connectivity index (χ0v) is 25.2. The summed E-state index contributed by atoms with van der Waals surface area (Å²) in [6.45, 7) is 0.492. The van der Waals surface area contributed by atoms with Gasteiger partial charge in [-0.05, 0) is 133 Å². The van der Waals surface area contributed by atoms with Crippen LogP contribution in [0.4, 0.5) is 0 Å². The van der Waals surface area contributed by atoms with Gasteiger partial charge in [0, 0.05) is 9.13 Å². The van der Waals surface area contributed by atoms with Crippen molar-refractivity contribution in [3.63, 3.8) is 0 Å². The van der Waals surface area contributed by atoms with Gasteiger partial charge in [-0.25, -0.2) is 9.79 Å². The summed E-state index contributed by atoms with van der Waals surface area (Å²) in [6.07, 6.45) is 1.75. The van der Waals surface area contributed by atoms with E-state index in [9.17, 15) is 4.79 Å². The van der Waals surface area contributed by atoms with E-state index in [2.05, 4.69) is 103 Å². The molecule has 178 valence electrons. The second-order valence-electron chi connectivity index (χ2n) is 8.01. The highest BCUT2D eigenvalue weighted by molar-refractivity contribution is 14.1. The number of nitrogens with zero attached hydrogens (tertiary/aromatic N) is 1. The molecule has 4 nitrogen and oxygen atoms in total. The van der Waals surface area contributed by atoms with Gasteiger partial charge in [0.1, 0.15) is 12.4 Å². The number of carbonyl (C=O) groups excluding carboxylic acids is 1. The van der Waals surface area contributed by atoms with E-state index in [0.717, 1.165) is 40.7 Å². The molecule has 0 aliphatic carbocycles. The number of halogens is 3. The monoisotopic (exact) mass is 809 g/mol. The number of benzene rings is 4. The van der Waals surface area contributed by atoms with Crippen LogP contribution in [-0.4, -0.2) is 11.9 Å². The number of hydrogen-bond acceptors (Lipinski definition) is 4. The van der Waals surface area contributed by atoms with Gasteiger partial charge in [0.05, 0.1) is 7.14 Å². The van der Waals surface area contributed by atoms with Gasteiger partial charge in [-0.1, -0.05) is 54.6 Å². The summed E-state index contributed by atoms with van der Waals surface area (Å²) in [7, 11) is 0. The molecule has 0 atom stereocenters. The Balaban J connectivity index is 1.34. The summed E-state index contributed by atoms with van der Waals surface area (Å²) in [4.78, 5) is 17.0. The lowest BCUT2D eigenvalue weighted by Gasteiger charge is -2.12. The van der Waals surface area contributed by atoms with Crippen molar-refractivity contribution in [2.24, 2.45) is 4.99 Å². The molecule has 1 aliphatic heterocycles. The smallest absolute Gasteiger partial charge is 0.363 e. The number of hydrogen-bond donors (Lipinski definition) is 0. The first-order valence-corrected chi connectivity index (χ1v) is 14.2. The van der Waals surface area contributed by atoms with Crippen LogP contribution in [0.25, 0.3) is 17.2 Å². The maximum Gasteiger partial charge on any atom is 0.363 e. The highest BCUT2D eigenvalue weighted by atomic mass is 127. The standard InChI is InChI=1S/C29H18I3NO3/c30-23-8-4-5-18(13-23)17-35-27-24(31)14-19(15-25(27)32)16-26-29(34)36-28(33-26)22-11-9-21(10-12-22)20-6-2-1-3-7-20/h1-16H,17H2/b26-16-. The Morgan fingerprint density at radius 2 is 1.44 bits per heavy atom. The van der Waals surface area contributed by atoms with E-state index >= 15 is 0 Å². The zero-order chi connectivity index (χ0) is 25.1. The summed E-state index contributed by atoms with van der Waals surface area (Å²) in [5, 5.41) is 0. The molecule has 0 bridgehead atoms. The third-order valence-electron chi connectivity index (χ3n) is 5.46. The van der Waals surface area contributed by atoms with Crippen LogP contribution in [-0.2, 0) is 16.1 Å². The lowest BCUT2D eigenvalue weighted by Crippen LogP contribution is -2.05. The molecule has 0 aromatic heterocycles. The number of carbonyl (C=O) groups is 1. The van der Waals surface area contributed by atoms with Crippen LogP contribution >= 0.6 is 67.8 Å². The molecule has 1 aliphatic rings. The first-order chi connectivity index (χ1) is 17.5. The van der Waals surface area contributed by atoms with Gasteiger partial charge in [0.25, 0.3) is 0 Å². The lowest BCUT2D eigenvalue weighted by atomic mass is 10.0. The number of rotatable bonds is 6. The average Bonchev–Trinajstić information content (AvgIpc) is 3.24. The first-order valence-electron chi connectivity index (χ1n) is 11.0. The Morgan fingerprint density at radius 3 is 2.14 bits per heavy atom. The van der Waals surface area contributed by atoms with Crippen molar-refractivity contribution in [3.8, 4) is 16.9 Å². The number of esters is 1. The predicted octanol–water partition coefficient (Wildman–Crippen LogP) is 8.09. The van der Waals surface area contributed by atoms with Crippen molar-refractivity contribution >= 4 is 85.7 Å². The molecule has 36 heavy (non-hydrogen) atoms. The van der Waals surface area contributed by atoms with Crippen molar-refractivity contribution in [2.75, 3.05) is 0 Å². The molecule has 0 saturated heterocycles. The number of aliphatic imine (C=N–C) groups is 1. The third kappa shape index (κ3) is 6.00. The average molecular weight is 809 g/mol. The second-order valence-corrected chi connectivity index (χ2v) is 11.6. The molecule has 5 rings (SSSR count). The minimum Gasteiger partial charge on any atom is -0.487 e. The normalized spacial score (nSPS) is 14.0. The van der Waals surface area contributed by atoms with Crippen LogP contribution in [0.3, 0.4) is 0 Å². The van der Waals surface area contributed by atoms with E-state index in [-0.39, 0.29) is 5.70 Å². The van der Waals surface area contributed by atoms with Crippen LogP contribution in [0.5, 0.6) is 5.75 Å². The van der Waals surface area contributed by atoms with Gasteiger partial charge >= 0.3 is 5.97 Å². The minimum absolute atomic E-state index is 0.274. The van der Waals surface area contributed by atoms with Gasteiger partial charge in [0.2, 0.25) is 5.90 Å². The molecule has 0 spiro atoms. The topological polar surface area (TPSA) is 47.9 Å². The van der Waals surface area contributed by atoms with E-state index in [4.69, 9.17) is 9.47 Å². The first kappa shape index (κ1) is 25.4. The minimum atomic E-state index is -0.457. The van der Waals surface area contributed by atoms with Crippen LogP contribution in [0, 0.1) is 10.7 Å². The van der Waals surface area contributed by atoms with E-state index in [1.807, 2.05) is 60.7 Å². The highest BCUT2D eigenvalue weighted by Gasteiger charge is 2.24. The summed E-state index contributed by atoms with van der Waals surface area (Å²) >= 11 is 6.82. The predicted molar refractivity (Wildman–Crippen MR) is 168 cm³/mol. The molecule has 0 amide bonds. The molecular weight excluding hydrogens is 791 g/mol. The molecule has 4 aromatic carbocycles. The summed E-state index contributed by atoms with van der Waals surface area (Å²) in [6, 6.07) is 30.2. The van der Waals surface area contributed by atoms with Gasteiger partial charge in [0.15, 0.2) is 5.70 Å². The molecule has 7 heteroatoms. The largest absolute Gasteiger partial charge is 0.487 e. The van der Waals surface area contributed by atoms with Gasteiger partial charge < -0.3 is 9.47 Å². The molecule has 1 heterocycles. The fourth-order valence-corrected chi connectivity index (χ4v) is 6.44. The maximum atomic E-state index is 12.5. The van der Waals surface area contributed by atoms with Gasteiger partial charge in [-0.15, -0.1) is 0 Å². The van der Waals surface area contributed by atoms with Crippen molar-refractivity contribution in [1.29, 1.82) is 0 Å². The van der Waals surface area contributed by atoms with E-state index in [1.165, 1.54) is 3.57 Å². The van der Waals surface area contributed by atoms with Crippen molar-refractivity contribution in [2.45, 2.75) is 6.61 Å². The van der Waals surface area contributed by atoms with Gasteiger partial charge in [-0.2, -0.15) is 0 Å². The van der Waals surface area contributed by atoms with Crippen molar-refractivity contribution < 1.29 is 14.3 Å². The summed E-state index contributed by atoms with van der Waals surface area (Å²) in [5.74, 6) is 0.683. The molecule has 0 N–H and O–H groups in total. The quantitative estimate of drug-likeness (QED) is 0.113. The Kier molecular flexibility index (Phi) is 8.06. The Labute approximate surface area is 250 Å². The van der Waals surface area contributed by atoms with Crippen LogP contribution in [0.15, 0.2) is 102 Å². The Bertz CT molecular complexity index is 1470.